The Morgan fingerprint density at radius 2 is 2.10 bits per heavy atom. The third-order valence-electron chi connectivity index (χ3n) is 2.78. The van der Waals surface area contributed by atoms with Crippen molar-refractivity contribution in [2.45, 2.75) is 6.92 Å². The van der Waals surface area contributed by atoms with Gasteiger partial charge in [0.05, 0.1) is 15.1 Å². The van der Waals surface area contributed by atoms with Crippen molar-refractivity contribution in [3.8, 4) is 5.75 Å². The minimum atomic E-state index is -0.517. The Morgan fingerprint density at radius 1 is 1.38 bits per heavy atom. The van der Waals surface area contributed by atoms with E-state index in [0.717, 1.165) is 14.8 Å². The molecule has 0 spiro atoms. The SMILES string of the molecule is Cc1cc(N=Cc2cc([N+](=O)[O-])cc(Br)c2O)ccc1I. The fraction of sp³-hybridized carbons (Fsp3) is 0.0714. The van der Waals surface area contributed by atoms with Crippen LogP contribution in [0.15, 0.2) is 39.8 Å². The van der Waals surface area contributed by atoms with Crippen LogP contribution < -0.4 is 0 Å². The molecule has 0 heterocycles. The number of nitro groups is 1. The van der Waals surface area contributed by atoms with Crippen LogP contribution in [0.1, 0.15) is 11.1 Å². The number of nitrogens with zero attached hydrogens (tertiary/aromatic N) is 2. The molecule has 21 heavy (non-hydrogen) atoms. The van der Waals surface area contributed by atoms with Crippen LogP contribution in [0, 0.1) is 20.6 Å². The molecule has 0 bridgehead atoms. The molecule has 2 rings (SSSR count). The third-order valence-corrected chi connectivity index (χ3v) is 4.60. The minimum absolute atomic E-state index is 0.0772. The van der Waals surface area contributed by atoms with Gasteiger partial charge in [0.2, 0.25) is 0 Å². The van der Waals surface area contributed by atoms with Crippen molar-refractivity contribution >= 4 is 56.1 Å². The number of rotatable bonds is 3. The quantitative estimate of drug-likeness (QED) is 0.311. The predicted octanol–water partition coefficient (Wildman–Crippen LogP) is 4.73. The predicted molar refractivity (Wildman–Crippen MR) is 93.6 cm³/mol. The fourth-order valence-electron chi connectivity index (χ4n) is 1.66. The van der Waals surface area contributed by atoms with Crippen molar-refractivity contribution in [1.82, 2.24) is 0 Å². The Morgan fingerprint density at radius 3 is 2.71 bits per heavy atom. The molecule has 0 saturated carbocycles. The van der Waals surface area contributed by atoms with Gasteiger partial charge in [0.1, 0.15) is 5.75 Å². The molecule has 2 aromatic rings. The molecule has 5 nitrogen and oxygen atoms in total. The molecule has 0 amide bonds. The van der Waals surface area contributed by atoms with Crippen LogP contribution in [0.5, 0.6) is 5.75 Å². The molecule has 0 radical (unpaired) electrons. The number of phenolic OH excluding ortho intramolecular Hbond substituents is 1. The second-order valence-corrected chi connectivity index (χ2v) is 6.33. The molecule has 7 heteroatoms. The number of hydrogen-bond acceptors (Lipinski definition) is 4. The second kappa shape index (κ2) is 6.52. The zero-order valence-corrected chi connectivity index (χ0v) is 14.6. The van der Waals surface area contributed by atoms with Crippen molar-refractivity contribution in [1.29, 1.82) is 0 Å². The highest BCUT2D eigenvalue weighted by Gasteiger charge is 2.13. The normalized spacial score (nSPS) is 11.0. The van der Waals surface area contributed by atoms with Gasteiger partial charge in [-0.15, -0.1) is 0 Å². The standard InChI is InChI=1S/C14H10BrIN2O3/c1-8-4-10(2-3-13(8)16)17-7-9-5-11(18(20)21)6-12(15)14(9)19/h2-7,19H,1H3. The van der Waals surface area contributed by atoms with Gasteiger partial charge in [-0.2, -0.15) is 0 Å². The molecule has 0 aliphatic carbocycles. The van der Waals surface area contributed by atoms with Gasteiger partial charge < -0.3 is 5.11 Å². The van der Waals surface area contributed by atoms with E-state index >= 15 is 0 Å². The number of aryl methyl sites for hydroxylation is 1. The lowest BCUT2D eigenvalue weighted by Crippen LogP contribution is -1.91. The first-order chi connectivity index (χ1) is 9.88. The summed E-state index contributed by atoms with van der Waals surface area (Å²) in [4.78, 5) is 14.6. The van der Waals surface area contributed by atoms with Crippen LogP contribution in [0.3, 0.4) is 0 Å². The minimum Gasteiger partial charge on any atom is -0.506 e. The summed E-state index contributed by atoms with van der Waals surface area (Å²) in [6, 6.07) is 8.22. The lowest BCUT2D eigenvalue weighted by Gasteiger charge is -2.03. The molecule has 0 aromatic heterocycles. The topological polar surface area (TPSA) is 75.7 Å². The molecule has 0 fully saturated rings. The van der Waals surface area contributed by atoms with Crippen LogP contribution in [0.4, 0.5) is 11.4 Å². The van der Waals surface area contributed by atoms with Crippen molar-refractivity contribution in [2.24, 2.45) is 4.99 Å². The first-order valence-corrected chi connectivity index (χ1v) is 7.73. The van der Waals surface area contributed by atoms with Crippen molar-refractivity contribution in [3.05, 3.63) is 59.6 Å². The number of benzene rings is 2. The summed E-state index contributed by atoms with van der Waals surface area (Å²) in [7, 11) is 0. The highest BCUT2D eigenvalue weighted by Crippen LogP contribution is 2.32. The monoisotopic (exact) mass is 460 g/mol. The van der Waals surface area contributed by atoms with E-state index < -0.39 is 4.92 Å². The zero-order valence-electron chi connectivity index (χ0n) is 10.9. The second-order valence-electron chi connectivity index (χ2n) is 4.31. The lowest BCUT2D eigenvalue weighted by molar-refractivity contribution is -0.385. The first kappa shape index (κ1) is 15.9. The smallest absolute Gasteiger partial charge is 0.271 e. The van der Waals surface area contributed by atoms with Crippen molar-refractivity contribution in [2.75, 3.05) is 0 Å². The van der Waals surface area contributed by atoms with Gasteiger partial charge in [-0.25, -0.2) is 0 Å². The van der Waals surface area contributed by atoms with Crippen LogP contribution in [-0.4, -0.2) is 16.2 Å². The largest absolute Gasteiger partial charge is 0.506 e. The molecule has 0 atom stereocenters. The first-order valence-electron chi connectivity index (χ1n) is 5.85. The number of non-ortho nitro benzene ring substituents is 1. The Labute approximate surface area is 143 Å². The summed E-state index contributed by atoms with van der Waals surface area (Å²) in [6.07, 6.45) is 1.41. The van der Waals surface area contributed by atoms with Crippen molar-refractivity contribution in [3.63, 3.8) is 0 Å². The summed E-state index contributed by atoms with van der Waals surface area (Å²) in [5.74, 6) is -0.0772. The van der Waals surface area contributed by atoms with E-state index in [2.05, 4.69) is 43.5 Å². The summed E-state index contributed by atoms with van der Waals surface area (Å²) in [5.41, 5.74) is 1.98. The molecule has 0 aliphatic heterocycles. The maximum absolute atomic E-state index is 10.8. The van der Waals surface area contributed by atoms with E-state index in [1.165, 1.54) is 18.3 Å². The summed E-state index contributed by atoms with van der Waals surface area (Å²) >= 11 is 5.32. The van der Waals surface area contributed by atoms with E-state index in [1.807, 2.05) is 25.1 Å². The van der Waals surface area contributed by atoms with E-state index in [0.29, 0.717) is 0 Å². The van der Waals surface area contributed by atoms with E-state index in [4.69, 9.17) is 0 Å². The fourth-order valence-corrected chi connectivity index (χ4v) is 2.46. The zero-order chi connectivity index (χ0) is 15.6. The van der Waals surface area contributed by atoms with Crippen LogP contribution in [0.25, 0.3) is 0 Å². The van der Waals surface area contributed by atoms with Crippen LogP contribution >= 0.6 is 38.5 Å². The Hall–Kier alpha value is -1.48. The molecule has 0 saturated heterocycles. The molecular weight excluding hydrogens is 451 g/mol. The number of halogens is 2. The Kier molecular flexibility index (Phi) is 4.94. The van der Waals surface area contributed by atoms with Gasteiger partial charge in [-0.1, -0.05) is 0 Å². The lowest BCUT2D eigenvalue weighted by atomic mass is 10.2. The molecular formula is C14H10BrIN2O3. The Bertz CT molecular complexity index is 747. The van der Waals surface area contributed by atoms with Crippen molar-refractivity contribution < 1.29 is 10.0 Å². The molecule has 2 aromatic carbocycles. The number of phenols is 1. The van der Waals surface area contributed by atoms with E-state index in [1.54, 1.807) is 0 Å². The molecule has 108 valence electrons. The Balaban J connectivity index is 2.40. The number of nitro benzene ring substituents is 1. The van der Waals surface area contributed by atoms with Gasteiger partial charge >= 0.3 is 0 Å². The summed E-state index contributed by atoms with van der Waals surface area (Å²) in [6.45, 7) is 1.97. The van der Waals surface area contributed by atoms with Gasteiger partial charge in [-0.3, -0.25) is 15.1 Å². The van der Waals surface area contributed by atoms with E-state index in [-0.39, 0.29) is 21.5 Å². The summed E-state index contributed by atoms with van der Waals surface area (Å²) < 4.78 is 1.39. The van der Waals surface area contributed by atoms with Crippen LogP contribution in [-0.2, 0) is 0 Å². The number of hydrogen-bond donors (Lipinski definition) is 1. The maximum Gasteiger partial charge on any atom is 0.271 e. The molecule has 0 unspecified atom stereocenters. The van der Waals surface area contributed by atoms with E-state index in [9.17, 15) is 15.2 Å². The third kappa shape index (κ3) is 3.79. The average Bonchev–Trinajstić information content (AvgIpc) is 2.43. The van der Waals surface area contributed by atoms with Gasteiger partial charge in [-0.05, 0) is 69.2 Å². The highest BCUT2D eigenvalue weighted by molar-refractivity contribution is 14.1. The summed E-state index contributed by atoms with van der Waals surface area (Å²) in [5, 5.41) is 20.7. The van der Waals surface area contributed by atoms with Gasteiger partial charge in [0.25, 0.3) is 5.69 Å². The van der Waals surface area contributed by atoms with Crippen LogP contribution in [0.2, 0.25) is 0 Å². The number of aromatic hydroxyl groups is 1. The van der Waals surface area contributed by atoms with Gasteiger partial charge in [0, 0.05) is 27.5 Å². The molecule has 1 N–H and O–H groups in total. The number of aliphatic imine (C=N–C) groups is 1. The molecule has 0 aliphatic rings. The highest BCUT2D eigenvalue weighted by atomic mass is 127. The average molecular weight is 461 g/mol. The maximum atomic E-state index is 10.8. The van der Waals surface area contributed by atoms with Gasteiger partial charge in [0.15, 0.2) is 0 Å².